The minimum absolute atomic E-state index is 0. The van der Waals surface area contributed by atoms with Gasteiger partial charge < -0.3 is 44.9 Å². The minimum atomic E-state index is -0.787. The fraction of sp³-hybridized carbons (Fsp3) is 0.371. The molecule has 1 aliphatic heterocycles. The third-order valence-electron chi connectivity index (χ3n) is 7.58. The van der Waals surface area contributed by atoms with Crippen LogP contribution in [-0.4, -0.2) is 68.5 Å². The average molecular weight is 659 g/mol. The number of aliphatic hydroxyl groups excluding tert-OH is 1. The van der Waals surface area contributed by atoms with Crippen molar-refractivity contribution in [2.45, 2.75) is 44.9 Å². The molecule has 9 nitrogen and oxygen atoms in total. The maximum absolute atomic E-state index is 14.6. The molecule has 4 aromatic carbocycles. The first kappa shape index (κ1) is 36.5. The van der Waals surface area contributed by atoms with Crippen molar-refractivity contribution in [1.29, 1.82) is 0 Å². The lowest BCUT2D eigenvalue weighted by Crippen LogP contribution is -2.35. The van der Waals surface area contributed by atoms with E-state index in [9.17, 15) is 19.7 Å². The fourth-order valence-electron chi connectivity index (χ4n) is 5.36. The fourth-order valence-corrected chi connectivity index (χ4v) is 5.36. The highest BCUT2D eigenvalue weighted by atomic mass is 35.5. The number of phenolic OH excluding ortho intramolecular Hbond substituents is 2. The van der Waals surface area contributed by atoms with E-state index in [2.05, 4.69) is 36.6 Å². The number of nitrogens with one attached hydrogen (secondary N) is 2. The summed E-state index contributed by atoms with van der Waals surface area (Å²) in [5.74, 6) is 0.409. The molecule has 0 aliphatic carbocycles. The number of benzene rings is 4. The molecule has 0 aromatic heterocycles. The zero-order valence-corrected chi connectivity index (χ0v) is 27.6. The molecular formula is C35H44ClFN2O7. The Kier molecular flexibility index (Phi) is 13.6. The molecule has 1 aliphatic rings. The van der Waals surface area contributed by atoms with Crippen LogP contribution in [0.15, 0.2) is 60.7 Å². The lowest BCUT2D eigenvalue weighted by atomic mass is 9.89. The van der Waals surface area contributed by atoms with Crippen LogP contribution >= 0.6 is 12.4 Å². The zero-order valence-electron chi connectivity index (χ0n) is 26.8. The molecule has 4 aromatic rings. The van der Waals surface area contributed by atoms with Crippen molar-refractivity contribution in [3.8, 4) is 34.5 Å². The van der Waals surface area contributed by atoms with Crippen LogP contribution in [0.4, 0.5) is 4.39 Å². The standard InChI is InChI=1S/C19H22FNO5.C16H21NO2.ClH/c1-24-14-7-10(8-15(25-2)19(14)26-3)6-12-16-11(4-5-21-12)9-13(22)18(23)17(16)20;1-12(2)17-10-14(18)11-19-16-9-5-7-13-6-3-4-8-15(13)16;/h7-9,12,21-23H,4-6H2,1-3H3;3-9,12,14,17-18H,10-11H2,1-2H3;1H. The first-order chi connectivity index (χ1) is 21.7. The molecule has 0 radical (unpaired) electrons. The molecule has 0 bridgehead atoms. The predicted octanol–water partition coefficient (Wildman–Crippen LogP) is 5.69. The second kappa shape index (κ2) is 17.1. The van der Waals surface area contributed by atoms with E-state index in [0.717, 1.165) is 22.1 Å². The van der Waals surface area contributed by atoms with E-state index in [0.29, 0.717) is 67.0 Å². The van der Waals surface area contributed by atoms with Crippen LogP contribution in [0, 0.1) is 5.82 Å². The Balaban J connectivity index is 0.000000257. The van der Waals surface area contributed by atoms with Crippen LogP contribution in [0.2, 0.25) is 0 Å². The van der Waals surface area contributed by atoms with Gasteiger partial charge >= 0.3 is 0 Å². The van der Waals surface area contributed by atoms with Crippen LogP contribution in [0.5, 0.6) is 34.5 Å². The van der Waals surface area contributed by atoms with Gasteiger partial charge in [0.25, 0.3) is 0 Å². The SMILES string of the molecule is CC(C)NCC(O)COc1cccc2ccccc12.COc1cc(CC2NCCc3cc(O)c(O)c(F)c32)cc(OC)c1OC.Cl. The summed E-state index contributed by atoms with van der Waals surface area (Å²) in [5, 5.41) is 38.0. The first-order valence-corrected chi connectivity index (χ1v) is 14.9. The average Bonchev–Trinajstić information content (AvgIpc) is 3.05. The van der Waals surface area contributed by atoms with Crippen LogP contribution < -0.4 is 29.6 Å². The molecule has 0 spiro atoms. The Morgan fingerprint density at radius 1 is 0.935 bits per heavy atom. The van der Waals surface area contributed by atoms with Crippen molar-refractivity contribution < 1.29 is 38.7 Å². The van der Waals surface area contributed by atoms with Gasteiger partial charge in [-0.3, -0.25) is 0 Å². The van der Waals surface area contributed by atoms with Gasteiger partial charge in [0, 0.05) is 29.6 Å². The third-order valence-corrected chi connectivity index (χ3v) is 7.58. The van der Waals surface area contributed by atoms with Crippen molar-refractivity contribution >= 4 is 23.2 Å². The number of hydrogen-bond acceptors (Lipinski definition) is 9. The number of rotatable bonds is 11. The van der Waals surface area contributed by atoms with E-state index in [1.807, 2.05) is 42.5 Å². The Labute approximate surface area is 275 Å². The molecule has 46 heavy (non-hydrogen) atoms. The van der Waals surface area contributed by atoms with Gasteiger partial charge in [-0.15, -0.1) is 12.4 Å². The van der Waals surface area contributed by atoms with Crippen molar-refractivity contribution in [2.75, 3.05) is 41.0 Å². The lowest BCUT2D eigenvalue weighted by Gasteiger charge is -2.28. The van der Waals surface area contributed by atoms with Gasteiger partial charge in [0.05, 0.1) is 21.3 Å². The van der Waals surface area contributed by atoms with E-state index < -0.39 is 23.4 Å². The number of aromatic hydroxyl groups is 2. The van der Waals surface area contributed by atoms with Gasteiger partial charge in [-0.05, 0) is 60.2 Å². The van der Waals surface area contributed by atoms with E-state index in [4.69, 9.17) is 18.9 Å². The molecule has 5 N–H and O–H groups in total. The normalized spacial score (nSPS) is 14.4. The Hall–Kier alpha value is -3.96. The quantitative estimate of drug-likeness (QED) is 0.129. The van der Waals surface area contributed by atoms with E-state index in [1.165, 1.54) is 27.4 Å². The number of aliphatic hydroxyl groups is 1. The van der Waals surface area contributed by atoms with Crippen LogP contribution in [0.3, 0.4) is 0 Å². The van der Waals surface area contributed by atoms with E-state index in [-0.39, 0.29) is 18.4 Å². The molecule has 2 atom stereocenters. The smallest absolute Gasteiger partial charge is 0.203 e. The maximum atomic E-state index is 14.6. The number of fused-ring (bicyclic) bond motifs is 2. The monoisotopic (exact) mass is 658 g/mol. The Morgan fingerprint density at radius 3 is 2.26 bits per heavy atom. The molecule has 5 rings (SSSR count). The van der Waals surface area contributed by atoms with Gasteiger partial charge in [-0.1, -0.05) is 50.2 Å². The highest BCUT2D eigenvalue weighted by Gasteiger charge is 2.28. The van der Waals surface area contributed by atoms with Gasteiger partial charge in [-0.25, -0.2) is 4.39 Å². The number of phenols is 2. The summed E-state index contributed by atoms with van der Waals surface area (Å²) in [7, 11) is 4.61. The molecule has 0 saturated carbocycles. The van der Waals surface area contributed by atoms with Crippen molar-refractivity contribution in [1.82, 2.24) is 10.6 Å². The number of ether oxygens (including phenoxy) is 4. The van der Waals surface area contributed by atoms with Gasteiger partial charge in [0.2, 0.25) is 5.75 Å². The van der Waals surface area contributed by atoms with E-state index in [1.54, 1.807) is 0 Å². The van der Waals surface area contributed by atoms with Gasteiger partial charge in [-0.2, -0.15) is 0 Å². The summed E-state index contributed by atoms with van der Waals surface area (Å²) in [6.45, 7) is 5.60. The molecule has 1 heterocycles. The topological polar surface area (TPSA) is 122 Å². The maximum Gasteiger partial charge on any atom is 0.203 e. The largest absolute Gasteiger partial charge is 0.504 e. The number of methoxy groups -OCH3 is 3. The highest BCUT2D eigenvalue weighted by Crippen LogP contribution is 2.41. The summed E-state index contributed by atoms with van der Waals surface area (Å²) in [6.07, 6.45) is 0.526. The first-order valence-electron chi connectivity index (χ1n) is 14.9. The second-order valence-corrected chi connectivity index (χ2v) is 11.1. The predicted molar refractivity (Wildman–Crippen MR) is 180 cm³/mol. The molecule has 11 heteroatoms. The summed E-state index contributed by atoms with van der Waals surface area (Å²) in [5.41, 5.74) is 1.92. The Morgan fingerprint density at radius 2 is 1.61 bits per heavy atom. The molecular weight excluding hydrogens is 615 g/mol. The summed E-state index contributed by atoms with van der Waals surface area (Å²) in [6, 6.07) is 19.1. The zero-order chi connectivity index (χ0) is 32.5. The molecule has 250 valence electrons. The van der Waals surface area contributed by atoms with Crippen molar-refractivity contribution in [3.05, 3.63) is 83.2 Å². The van der Waals surface area contributed by atoms with Crippen LogP contribution in [0.25, 0.3) is 10.8 Å². The summed E-state index contributed by atoms with van der Waals surface area (Å²) in [4.78, 5) is 0. The number of hydrogen-bond donors (Lipinski definition) is 5. The molecule has 0 amide bonds. The van der Waals surface area contributed by atoms with Crippen molar-refractivity contribution in [3.63, 3.8) is 0 Å². The molecule has 0 fully saturated rings. The highest BCUT2D eigenvalue weighted by molar-refractivity contribution is 5.88. The Bertz CT molecular complexity index is 1560. The lowest BCUT2D eigenvalue weighted by molar-refractivity contribution is 0.105. The second-order valence-electron chi connectivity index (χ2n) is 11.1. The molecule has 0 saturated heterocycles. The number of halogens is 2. The summed E-state index contributed by atoms with van der Waals surface area (Å²) < 4.78 is 36.4. The summed E-state index contributed by atoms with van der Waals surface area (Å²) >= 11 is 0. The van der Waals surface area contributed by atoms with Gasteiger partial charge in [0.15, 0.2) is 28.8 Å². The third kappa shape index (κ3) is 8.85. The van der Waals surface area contributed by atoms with Gasteiger partial charge in [0.1, 0.15) is 18.5 Å². The van der Waals surface area contributed by atoms with Crippen LogP contribution in [0.1, 0.15) is 36.6 Å². The molecule has 2 unspecified atom stereocenters. The van der Waals surface area contributed by atoms with Crippen LogP contribution in [-0.2, 0) is 12.8 Å². The van der Waals surface area contributed by atoms with E-state index >= 15 is 0 Å². The minimum Gasteiger partial charge on any atom is -0.504 e. The van der Waals surface area contributed by atoms with Crippen molar-refractivity contribution in [2.24, 2.45) is 0 Å².